The van der Waals surface area contributed by atoms with Crippen LogP contribution in [0.5, 0.6) is 0 Å². The molecule has 1 atom stereocenters. The number of hydrogen-bond acceptors (Lipinski definition) is 2. The van der Waals surface area contributed by atoms with Crippen LogP contribution in [-0.2, 0) is 0 Å². The first-order chi connectivity index (χ1) is 8.79. The number of anilines is 1. The molecule has 1 saturated heterocycles. The Morgan fingerprint density at radius 3 is 3.06 bits per heavy atom. The number of nitrogens with zero attached hydrogens (tertiary/aromatic N) is 2. The molecule has 1 fully saturated rings. The largest absolute Gasteiger partial charge is 0.367 e. The summed E-state index contributed by atoms with van der Waals surface area (Å²) in [4.78, 5) is 7.05. The lowest BCUT2D eigenvalue weighted by Crippen LogP contribution is -2.30. The molecule has 0 aliphatic carbocycles. The van der Waals surface area contributed by atoms with E-state index in [2.05, 4.69) is 41.1 Å². The average molecular weight is 261 g/mol. The first-order valence-corrected chi connectivity index (χ1v) is 7.02. The van der Waals surface area contributed by atoms with E-state index < -0.39 is 0 Å². The van der Waals surface area contributed by atoms with Crippen molar-refractivity contribution in [2.75, 3.05) is 17.3 Å². The van der Waals surface area contributed by atoms with Gasteiger partial charge >= 0.3 is 0 Å². The minimum Gasteiger partial charge on any atom is -0.367 e. The predicted octanol–water partition coefficient (Wildman–Crippen LogP) is 3.75. The summed E-state index contributed by atoms with van der Waals surface area (Å²) in [5, 5.41) is 1.24. The summed E-state index contributed by atoms with van der Waals surface area (Å²) in [5.41, 5.74) is 3.44. The highest BCUT2D eigenvalue weighted by molar-refractivity contribution is 6.18. The summed E-state index contributed by atoms with van der Waals surface area (Å²) >= 11 is 6.09. The van der Waals surface area contributed by atoms with Gasteiger partial charge in [-0.3, -0.25) is 4.98 Å². The Kier molecular flexibility index (Phi) is 3.13. The minimum absolute atomic E-state index is 0.469. The van der Waals surface area contributed by atoms with Crippen molar-refractivity contribution in [2.45, 2.75) is 25.8 Å². The molecule has 1 aliphatic heterocycles. The molecule has 0 amide bonds. The van der Waals surface area contributed by atoms with Gasteiger partial charge in [-0.2, -0.15) is 0 Å². The van der Waals surface area contributed by atoms with Crippen molar-refractivity contribution in [2.24, 2.45) is 0 Å². The fraction of sp³-hybridized carbons (Fsp3) is 0.400. The number of aryl methyl sites for hydroxylation is 1. The van der Waals surface area contributed by atoms with E-state index >= 15 is 0 Å². The van der Waals surface area contributed by atoms with Gasteiger partial charge < -0.3 is 4.90 Å². The molecule has 1 unspecified atom stereocenters. The van der Waals surface area contributed by atoms with E-state index in [1.807, 2.05) is 6.07 Å². The highest BCUT2D eigenvalue weighted by Crippen LogP contribution is 2.32. The first-order valence-electron chi connectivity index (χ1n) is 6.48. The van der Waals surface area contributed by atoms with Gasteiger partial charge in [-0.15, -0.1) is 11.6 Å². The summed E-state index contributed by atoms with van der Waals surface area (Å²) in [6.07, 6.45) is 2.42. The molecule has 0 spiro atoms. The summed E-state index contributed by atoms with van der Waals surface area (Å²) in [6.45, 7) is 3.16. The van der Waals surface area contributed by atoms with Gasteiger partial charge in [-0.1, -0.05) is 18.2 Å². The van der Waals surface area contributed by atoms with Crippen LogP contribution in [-0.4, -0.2) is 23.5 Å². The Bertz CT molecular complexity index is 567. The maximum Gasteiger partial charge on any atom is 0.0726 e. The zero-order valence-corrected chi connectivity index (χ0v) is 11.3. The lowest BCUT2D eigenvalue weighted by molar-refractivity contribution is 0.743. The van der Waals surface area contributed by atoms with Gasteiger partial charge in [0.05, 0.1) is 5.52 Å². The van der Waals surface area contributed by atoms with E-state index in [0.717, 1.165) is 17.8 Å². The fourth-order valence-corrected chi connectivity index (χ4v) is 3.16. The zero-order valence-electron chi connectivity index (χ0n) is 10.6. The second-order valence-electron chi connectivity index (χ2n) is 4.94. The van der Waals surface area contributed by atoms with Gasteiger partial charge in [0.25, 0.3) is 0 Å². The standard InChI is InChI=1S/C15H17ClN2/c1-11-9-15(18-8-4-5-12(18)10-16)13-6-2-3-7-14(13)17-11/h2-3,6-7,9,12H,4-5,8,10H2,1H3. The number of alkyl halides is 1. The van der Waals surface area contributed by atoms with Crippen molar-refractivity contribution in [3.63, 3.8) is 0 Å². The van der Waals surface area contributed by atoms with Gasteiger partial charge in [0.1, 0.15) is 0 Å². The SMILES string of the molecule is Cc1cc(N2CCCC2CCl)c2ccccc2n1. The number of aromatic nitrogens is 1. The highest BCUT2D eigenvalue weighted by atomic mass is 35.5. The van der Waals surface area contributed by atoms with E-state index in [1.54, 1.807) is 0 Å². The maximum atomic E-state index is 6.09. The maximum absolute atomic E-state index is 6.09. The second kappa shape index (κ2) is 4.77. The third-order valence-electron chi connectivity index (χ3n) is 3.69. The number of rotatable bonds is 2. The van der Waals surface area contributed by atoms with E-state index in [9.17, 15) is 0 Å². The Morgan fingerprint density at radius 1 is 1.39 bits per heavy atom. The molecule has 2 aromatic rings. The van der Waals surface area contributed by atoms with Crippen LogP contribution in [0.1, 0.15) is 18.5 Å². The minimum atomic E-state index is 0.469. The molecule has 1 aromatic heterocycles. The monoisotopic (exact) mass is 260 g/mol. The Hall–Kier alpha value is -1.28. The van der Waals surface area contributed by atoms with E-state index in [4.69, 9.17) is 11.6 Å². The van der Waals surface area contributed by atoms with Crippen molar-refractivity contribution in [3.05, 3.63) is 36.0 Å². The molecule has 2 nitrogen and oxygen atoms in total. The number of pyridine rings is 1. The van der Waals surface area contributed by atoms with E-state index in [1.165, 1.54) is 23.9 Å². The number of fused-ring (bicyclic) bond motifs is 1. The third-order valence-corrected chi connectivity index (χ3v) is 4.04. The summed E-state index contributed by atoms with van der Waals surface area (Å²) in [5.74, 6) is 0.704. The summed E-state index contributed by atoms with van der Waals surface area (Å²) in [6, 6.07) is 11.0. The van der Waals surface area contributed by atoms with E-state index in [0.29, 0.717) is 11.9 Å². The molecule has 0 N–H and O–H groups in total. The topological polar surface area (TPSA) is 16.1 Å². The lowest BCUT2D eigenvalue weighted by Gasteiger charge is -2.26. The fourth-order valence-electron chi connectivity index (χ4n) is 2.84. The molecule has 0 saturated carbocycles. The molecular formula is C15H17ClN2. The molecule has 3 heteroatoms. The van der Waals surface area contributed by atoms with E-state index in [-0.39, 0.29) is 0 Å². The van der Waals surface area contributed by atoms with Gasteiger partial charge in [0, 0.05) is 35.2 Å². The normalized spacial score (nSPS) is 19.7. The number of hydrogen-bond donors (Lipinski definition) is 0. The van der Waals surface area contributed by atoms with Crippen molar-refractivity contribution in [1.29, 1.82) is 0 Å². The third kappa shape index (κ3) is 1.95. The quantitative estimate of drug-likeness (QED) is 0.765. The molecule has 94 valence electrons. The molecule has 3 rings (SSSR count). The van der Waals surface area contributed by atoms with Gasteiger partial charge in [0.15, 0.2) is 0 Å². The second-order valence-corrected chi connectivity index (χ2v) is 5.25. The zero-order chi connectivity index (χ0) is 12.5. The first kappa shape index (κ1) is 11.8. The molecule has 18 heavy (non-hydrogen) atoms. The molecule has 1 aromatic carbocycles. The van der Waals surface area contributed by atoms with Crippen LogP contribution in [0.3, 0.4) is 0 Å². The molecule has 0 bridgehead atoms. The predicted molar refractivity (Wildman–Crippen MR) is 77.6 cm³/mol. The van der Waals surface area contributed by atoms with Crippen LogP contribution in [0.4, 0.5) is 5.69 Å². The smallest absolute Gasteiger partial charge is 0.0726 e. The summed E-state index contributed by atoms with van der Waals surface area (Å²) in [7, 11) is 0. The Labute approximate surface area is 113 Å². The number of para-hydroxylation sites is 1. The number of benzene rings is 1. The molecule has 2 heterocycles. The van der Waals surface area contributed by atoms with Gasteiger partial charge in [0.2, 0.25) is 0 Å². The molecule has 1 aliphatic rings. The van der Waals surface area contributed by atoms with Crippen LogP contribution in [0.2, 0.25) is 0 Å². The van der Waals surface area contributed by atoms with Crippen molar-refractivity contribution in [3.8, 4) is 0 Å². The van der Waals surface area contributed by atoms with Crippen molar-refractivity contribution < 1.29 is 0 Å². The van der Waals surface area contributed by atoms with Crippen molar-refractivity contribution >= 4 is 28.2 Å². The molecule has 0 radical (unpaired) electrons. The van der Waals surface area contributed by atoms with Crippen molar-refractivity contribution in [1.82, 2.24) is 4.98 Å². The number of halogens is 1. The van der Waals surface area contributed by atoms with Crippen LogP contribution >= 0.6 is 11.6 Å². The van der Waals surface area contributed by atoms with Gasteiger partial charge in [-0.25, -0.2) is 0 Å². The van der Waals surface area contributed by atoms with Crippen LogP contribution < -0.4 is 4.90 Å². The molecular weight excluding hydrogens is 244 g/mol. The summed E-state index contributed by atoms with van der Waals surface area (Å²) < 4.78 is 0. The van der Waals surface area contributed by atoms with Gasteiger partial charge in [-0.05, 0) is 31.9 Å². The van der Waals surface area contributed by atoms with Crippen LogP contribution in [0, 0.1) is 6.92 Å². The lowest BCUT2D eigenvalue weighted by atomic mass is 10.1. The van der Waals surface area contributed by atoms with Crippen LogP contribution in [0.25, 0.3) is 10.9 Å². The van der Waals surface area contributed by atoms with Crippen LogP contribution in [0.15, 0.2) is 30.3 Å². The Balaban J connectivity index is 2.15. The average Bonchev–Trinajstić information content (AvgIpc) is 2.85. The Morgan fingerprint density at radius 2 is 2.22 bits per heavy atom. The highest BCUT2D eigenvalue weighted by Gasteiger charge is 2.25.